The Bertz CT molecular complexity index is 1720. The van der Waals surface area contributed by atoms with Crippen LogP contribution in [0.15, 0.2) is 69.0 Å². The lowest BCUT2D eigenvalue weighted by atomic mass is 9.75. The molecule has 5 rings (SSSR count). The molecule has 1 aliphatic heterocycles. The van der Waals surface area contributed by atoms with E-state index in [2.05, 4.69) is 5.10 Å². The third-order valence-electron chi connectivity index (χ3n) is 6.29. The molecule has 1 amide bonds. The summed E-state index contributed by atoms with van der Waals surface area (Å²) >= 11 is 0. The fraction of sp³-hybridized carbons (Fsp3) is 0.167. The first kappa shape index (κ1) is 24.0. The highest BCUT2D eigenvalue weighted by Crippen LogP contribution is 2.51. The zero-order valence-electron chi connectivity index (χ0n) is 18.9. The average Bonchev–Trinajstić information content (AvgIpc) is 3.31. The van der Waals surface area contributed by atoms with Crippen LogP contribution >= 0.6 is 0 Å². The Morgan fingerprint density at radius 1 is 0.919 bits per heavy atom. The Morgan fingerprint density at radius 2 is 1.57 bits per heavy atom. The summed E-state index contributed by atoms with van der Waals surface area (Å²) in [7, 11) is 0. The molecule has 9 nitrogen and oxygen atoms in total. The Hall–Kier alpha value is -4.68. The van der Waals surface area contributed by atoms with E-state index in [0.717, 1.165) is 21.4 Å². The third kappa shape index (κ3) is 3.45. The minimum absolute atomic E-state index is 0.202. The van der Waals surface area contributed by atoms with Gasteiger partial charge < -0.3 is 5.32 Å². The van der Waals surface area contributed by atoms with Crippen LogP contribution in [-0.2, 0) is 16.8 Å². The maximum absolute atomic E-state index is 15.0. The molecule has 0 spiro atoms. The quantitative estimate of drug-likeness (QED) is 0.361. The first-order valence-electron chi connectivity index (χ1n) is 10.8. The number of fused-ring (bicyclic) bond motifs is 1. The van der Waals surface area contributed by atoms with Crippen molar-refractivity contribution in [2.75, 3.05) is 5.32 Å². The van der Waals surface area contributed by atoms with Gasteiger partial charge in [-0.3, -0.25) is 29.0 Å². The normalized spacial score (nSPS) is 17.1. The van der Waals surface area contributed by atoms with Gasteiger partial charge in [-0.1, -0.05) is 30.3 Å². The van der Waals surface area contributed by atoms with Crippen LogP contribution in [0.1, 0.15) is 22.4 Å². The minimum atomic E-state index is -5.46. The summed E-state index contributed by atoms with van der Waals surface area (Å²) in [4.78, 5) is 54.0. The van der Waals surface area contributed by atoms with Gasteiger partial charge in [-0.2, -0.15) is 13.2 Å². The van der Waals surface area contributed by atoms with Crippen LogP contribution in [0.2, 0.25) is 0 Å². The number of hydrogen-bond acceptors (Lipinski definition) is 4. The monoisotopic (exact) mass is 515 g/mol. The molecule has 3 heterocycles. The Balaban J connectivity index is 1.82. The highest BCUT2D eigenvalue weighted by Gasteiger charge is 2.70. The van der Waals surface area contributed by atoms with Crippen LogP contribution in [0.3, 0.4) is 0 Å². The molecule has 0 radical (unpaired) electrons. The molecule has 4 aromatic rings. The second-order valence-electron chi connectivity index (χ2n) is 8.49. The molecule has 1 aliphatic rings. The number of aromatic nitrogens is 4. The molecule has 13 heteroatoms. The number of rotatable bonds is 4. The van der Waals surface area contributed by atoms with Gasteiger partial charge >= 0.3 is 11.9 Å². The van der Waals surface area contributed by atoms with Crippen LogP contribution < -0.4 is 22.1 Å². The van der Waals surface area contributed by atoms with Gasteiger partial charge in [0.2, 0.25) is 5.41 Å². The van der Waals surface area contributed by atoms with E-state index in [1.807, 2.05) is 10.3 Å². The fourth-order valence-corrected chi connectivity index (χ4v) is 4.68. The summed E-state index contributed by atoms with van der Waals surface area (Å²) in [5, 5.41) is 4.58. The number of carbonyl (C=O) groups excluding carboxylic acids is 1. The van der Waals surface area contributed by atoms with Gasteiger partial charge in [0.15, 0.2) is 0 Å². The zero-order valence-corrected chi connectivity index (χ0v) is 18.9. The van der Waals surface area contributed by atoms with Crippen LogP contribution in [0.4, 0.5) is 23.4 Å². The Kier molecular flexibility index (Phi) is 5.31. The fourth-order valence-electron chi connectivity index (χ4n) is 4.68. The van der Waals surface area contributed by atoms with Crippen molar-refractivity contribution in [1.82, 2.24) is 19.3 Å². The number of benzene rings is 2. The van der Waals surface area contributed by atoms with Crippen molar-refractivity contribution in [3.63, 3.8) is 0 Å². The van der Waals surface area contributed by atoms with Crippen molar-refractivity contribution < 1.29 is 22.4 Å². The number of nitrogens with one attached hydrogen (secondary N) is 3. The molecule has 37 heavy (non-hydrogen) atoms. The number of nitrogens with zero attached hydrogens (tertiary/aromatic N) is 2. The van der Waals surface area contributed by atoms with Crippen LogP contribution in [-0.4, -0.2) is 31.4 Å². The lowest BCUT2D eigenvalue weighted by molar-refractivity contribution is -0.181. The van der Waals surface area contributed by atoms with Crippen molar-refractivity contribution in [3.05, 3.63) is 114 Å². The largest absolute Gasteiger partial charge is 0.411 e. The molecule has 0 saturated carbocycles. The van der Waals surface area contributed by atoms with Gasteiger partial charge in [0.1, 0.15) is 11.6 Å². The highest BCUT2D eigenvalue weighted by molar-refractivity contribution is 6.08. The van der Waals surface area contributed by atoms with Crippen molar-refractivity contribution in [2.24, 2.45) is 0 Å². The lowest BCUT2D eigenvalue weighted by Gasteiger charge is -2.28. The number of H-pyrrole nitrogens is 2. The smallest absolute Gasteiger partial charge is 0.310 e. The van der Waals surface area contributed by atoms with E-state index in [0.29, 0.717) is 5.56 Å². The Labute approximate surface area is 204 Å². The topological polar surface area (TPSA) is 122 Å². The molecule has 190 valence electrons. The molecule has 0 saturated heterocycles. The highest BCUT2D eigenvalue weighted by atomic mass is 19.4. The van der Waals surface area contributed by atoms with Gasteiger partial charge in [-0.05, 0) is 36.8 Å². The molecule has 2 aromatic heterocycles. The molecule has 0 unspecified atom stereocenters. The van der Waals surface area contributed by atoms with E-state index in [9.17, 15) is 36.7 Å². The van der Waals surface area contributed by atoms with E-state index in [1.165, 1.54) is 31.2 Å². The molecular weight excluding hydrogens is 498 g/mol. The molecule has 0 bridgehead atoms. The molecular formula is C24H17F4N5O4. The second-order valence-corrected chi connectivity index (χ2v) is 8.49. The van der Waals surface area contributed by atoms with Crippen LogP contribution in [0.5, 0.6) is 0 Å². The van der Waals surface area contributed by atoms with Gasteiger partial charge in [0.05, 0.1) is 23.4 Å². The predicted octanol–water partition coefficient (Wildman–Crippen LogP) is 2.31. The number of hydrogen-bond donors (Lipinski definition) is 3. The predicted molar refractivity (Wildman–Crippen MR) is 123 cm³/mol. The van der Waals surface area contributed by atoms with Crippen LogP contribution in [0.25, 0.3) is 5.69 Å². The standard InChI is InChI=1S/C24H17F4N5O4/c1-12-16(20(35)33(31-12)15-5-3-2-4-6-15)23(24(26,27)28)17-18(29-21(23)36)32(22(37)30-19(17)34)11-13-7-9-14(25)10-8-13/h2-10,31H,11H2,1H3,(H,29,36)(H,30,34,37)/t23-/m1/s1. The second kappa shape index (κ2) is 8.18. The number of para-hydroxylation sites is 1. The van der Waals surface area contributed by atoms with Gasteiger partial charge in [0.25, 0.3) is 17.0 Å². The summed E-state index contributed by atoms with van der Waals surface area (Å²) in [6.45, 7) is 0.782. The van der Waals surface area contributed by atoms with Gasteiger partial charge in [-0.25, -0.2) is 13.9 Å². The summed E-state index contributed by atoms with van der Waals surface area (Å²) in [5.41, 5.74) is -9.41. The maximum atomic E-state index is 15.0. The molecule has 2 aromatic carbocycles. The van der Waals surface area contributed by atoms with Crippen molar-refractivity contribution >= 4 is 11.7 Å². The number of amides is 1. The van der Waals surface area contributed by atoms with Crippen molar-refractivity contribution in [1.29, 1.82) is 0 Å². The van der Waals surface area contributed by atoms with E-state index in [-0.39, 0.29) is 11.4 Å². The summed E-state index contributed by atoms with van der Waals surface area (Å²) in [6, 6.07) is 12.5. The maximum Gasteiger partial charge on any atom is 0.411 e. The number of aryl methyl sites for hydroxylation is 1. The lowest BCUT2D eigenvalue weighted by Crippen LogP contribution is -2.54. The van der Waals surface area contributed by atoms with E-state index in [1.54, 1.807) is 18.2 Å². The number of anilines is 1. The summed E-state index contributed by atoms with van der Waals surface area (Å²) < 4.78 is 59.8. The van der Waals surface area contributed by atoms with Gasteiger partial charge in [-0.15, -0.1) is 0 Å². The molecule has 1 atom stereocenters. The average molecular weight is 515 g/mol. The first-order valence-corrected chi connectivity index (χ1v) is 10.8. The third-order valence-corrected chi connectivity index (χ3v) is 6.29. The van der Waals surface area contributed by atoms with E-state index < -0.39 is 63.6 Å². The molecule has 0 fully saturated rings. The van der Waals surface area contributed by atoms with E-state index in [4.69, 9.17) is 0 Å². The first-order chi connectivity index (χ1) is 17.5. The van der Waals surface area contributed by atoms with Crippen molar-refractivity contribution in [3.8, 4) is 5.69 Å². The zero-order chi connectivity index (χ0) is 26.7. The number of aromatic amines is 2. The SMILES string of the molecule is Cc1[nH]n(-c2ccccc2)c(=O)c1[C@]1(C(F)(F)F)C(=O)Nc2c1c(=O)[nH]c(=O)n2Cc1ccc(F)cc1. The Morgan fingerprint density at radius 3 is 2.19 bits per heavy atom. The summed E-state index contributed by atoms with van der Waals surface area (Å²) in [6.07, 6.45) is -5.46. The summed E-state index contributed by atoms with van der Waals surface area (Å²) in [5.74, 6) is -2.99. The molecule has 0 aliphatic carbocycles. The van der Waals surface area contributed by atoms with E-state index >= 15 is 0 Å². The van der Waals surface area contributed by atoms with Gasteiger partial charge in [0, 0.05) is 5.69 Å². The number of halogens is 4. The molecule has 3 N–H and O–H groups in total. The minimum Gasteiger partial charge on any atom is -0.310 e. The number of alkyl halides is 3. The number of carbonyl (C=O) groups is 1. The van der Waals surface area contributed by atoms with Crippen molar-refractivity contribution in [2.45, 2.75) is 25.1 Å². The van der Waals surface area contributed by atoms with Crippen LogP contribution in [0, 0.1) is 12.7 Å².